The molecule has 0 aromatic rings. The summed E-state index contributed by atoms with van der Waals surface area (Å²) in [6.07, 6.45) is 20.7. The van der Waals surface area contributed by atoms with E-state index in [1.54, 1.807) is 0 Å². The summed E-state index contributed by atoms with van der Waals surface area (Å²) in [5.41, 5.74) is 2.59. The molecule has 0 bridgehead atoms. The van der Waals surface area contributed by atoms with Gasteiger partial charge in [0.15, 0.2) is 0 Å². The average molecular weight is 1260 g/mol. The fourth-order valence-electron chi connectivity index (χ4n) is 4.62. The van der Waals surface area contributed by atoms with Gasteiger partial charge in [-0.05, 0) is 133 Å². The molecule has 0 aliphatic carbocycles. The average Bonchev–Trinajstić information content (AvgIpc) is 3.40. The number of terminal acetylenes is 2. The second-order valence-electron chi connectivity index (χ2n) is 13.4. The Morgan fingerprint density at radius 3 is 1.08 bits per heavy atom. The largest absolute Gasteiger partial charge is 0.421 e. The maximum Gasteiger partial charge on any atom is 0.421 e. The predicted molar refractivity (Wildman–Crippen MR) is 284 cm³/mol. The first-order valence-electron chi connectivity index (χ1n) is 22.7. The number of carbonyl (C=O) groups is 5. The summed E-state index contributed by atoms with van der Waals surface area (Å²) in [7, 11) is 0. The molecule has 0 unspecified atom stereocenters. The SMILES string of the molecule is C#CC#CC#CC#CC#CC#CC#CC#CC#COC(=O)NCCCCCCNC(=O)CN(CCCCCNOC(=O)C[CH2-])C(=O)NCCCCCCNC(=O)OC#CC#CC#CC#CC#CC#CC#CC#CC#C.[Rf]. The molecule has 0 rings (SSSR count). The quantitative estimate of drug-likeness (QED) is 0.0320. The summed E-state index contributed by atoms with van der Waals surface area (Å²) in [6, 6.07) is -0.360. The van der Waals surface area contributed by atoms with Crippen molar-refractivity contribution < 1.29 is 38.3 Å². The summed E-state index contributed by atoms with van der Waals surface area (Å²) in [5, 5.41) is 10.9. The minimum absolute atomic E-state index is 0. The van der Waals surface area contributed by atoms with Crippen molar-refractivity contribution in [3.05, 3.63) is 6.92 Å². The molecule has 5 N–H and O–H groups in total. The van der Waals surface area contributed by atoms with Crippen molar-refractivity contribution in [3.8, 4) is 215 Å². The Balaban J connectivity index is 0. The van der Waals surface area contributed by atoms with Gasteiger partial charge in [-0.2, -0.15) is 5.48 Å². The van der Waals surface area contributed by atoms with Crippen molar-refractivity contribution >= 4 is 30.1 Å². The van der Waals surface area contributed by atoms with Crippen molar-refractivity contribution in [2.45, 2.75) is 77.0 Å². The molecule has 0 aromatic heterocycles. The van der Waals surface area contributed by atoms with Gasteiger partial charge in [-0.25, -0.2) is 14.4 Å². The number of amides is 5. The molecule has 0 spiro atoms. The smallest absolute Gasteiger partial charge is 0.374 e. The second kappa shape index (κ2) is 53.7. The fourth-order valence-corrected chi connectivity index (χ4v) is 4.62. The van der Waals surface area contributed by atoms with E-state index < -0.39 is 18.2 Å². The van der Waals surface area contributed by atoms with Crippen LogP contribution in [0.2, 0.25) is 0 Å². The molecule has 0 saturated heterocycles. The van der Waals surface area contributed by atoms with Gasteiger partial charge < -0.3 is 47.4 Å². The van der Waals surface area contributed by atoms with Gasteiger partial charge in [0.1, 0.15) is 18.8 Å². The van der Waals surface area contributed by atoms with Crippen LogP contribution in [-0.4, -0.2) is 80.8 Å². The van der Waals surface area contributed by atoms with Gasteiger partial charge in [0.05, 0.1) is 0 Å². The van der Waals surface area contributed by atoms with Crippen LogP contribution in [0.1, 0.15) is 77.0 Å². The molecule has 14 nitrogen and oxygen atoms in total. The Labute approximate surface area is 442 Å². The first kappa shape index (κ1) is 65.9. The van der Waals surface area contributed by atoms with E-state index in [9.17, 15) is 24.0 Å². The van der Waals surface area contributed by atoms with Crippen LogP contribution in [0, 0.1) is 221 Å². The number of nitrogens with zero attached hydrogens (tertiary/aromatic N) is 1. The predicted octanol–water partition coefficient (Wildman–Crippen LogP) is 2.37. The number of nitrogens with one attached hydrogen (secondary N) is 5. The van der Waals surface area contributed by atoms with Crippen molar-refractivity contribution in [1.82, 2.24) is 31.6 Å². The molecular formula is C61H47N6O8Rf-. The van der Waals surface area contributed by atoms with Gasteiger partial charge in [0.2, 0.25) is 5.91 Å². The van der Waals surface area contributed by atoms with Crippen LogP contribution in [0.15, 0.2) is 0 Å². The van der Waals surface area contributed by atoms with E-state index in [4.69, 9.17) is 27.2 Å². The van der Waals surface area contributed by atoms with Crippen LogP contribution in [-0.2, 0) is 23.9 Å². The molecule has 0 aromatic carbocycles. The van der Waals surface area contributed by atoms with E-state index in [1.807, 2.05) is 0 Å². The first-order chi connectivity index (χ1) is 36.8. The van der Waals surface area contributed by atoms with Crippen molar-refractivity contribution in [2.24, 2.45) is 0 Å². The van der Waals surface area contributed by atoms with Crippen molar-refractivity contribution in [3.63, 3.8) is 0 Å². The summed E-state index contributed by atoms with van der Waals surface area (Å²) >= 11 is 0. The molecule has 0 fully saturated rings. The third-order valence-corrected chi connectivity index (χ3v) is 7.85. The molecule has 0 heterocycles. The Morgan fingerprint density at radius 2 is 0.711 bits per heavy atom. The summed E-state index contributed by atoms with van der Waals surface area (Å²) in [5.74, 6) is 76.6. The van der Waals surface area contributed by atoms with Crippen molar-refractivity contribution in [2.75, 3.05) is 45.8 Å². The topological polar surface area (TPSA) is 176 Å². The van der Waals surface area contributed by atoms with Gasteiger partial charge in [0.25, 0.3) is 5.97 Å². The van der Waals surface area contributed by atoms with Gasteiger partial charge in [-0.3, -0.25) is 9.59 Å². The Morgan fingerprint density at radius 1 is 0.395 bits per heavy atom. The maximum atomic E-state index is 13.1. The van der Waals surface area contributed by atoms with Crippen LogP contribution in [0.3, 0.4) is 0 Å². The van der Waals surface area contributed by atoms with E-state index in [2.05, 4.69) is 235 Å². The van der Waals surface area contributed by atoms with Crippen LogP contribution in [0.25, 0.3) is 0 Å². The fraction of sp³-hybridized carbons (Fsp3) is 0.311. The van der Waals surface area contributed by atoms with E-state index in [-0.39, 0.29) is 24.9 Å². The third-order valence-electron chi connectivity index (χ3n) is 7.85. The molecule has 0 radical (unpaired) electrons. The monoisotopic (exact) mass is 1260 g/mol. The van der Waals surface area contributed by atoms with Crippen LogP contribution >= 0.6 is 0 Å². The summed E-state index contributed by atoms with van der Waals surface area (Å²) in [6.45, 7) is 5.66. The number of hydroxylamine groups is 1. The molecular weight excluding hydrogens is 1210 g/mol. The minimum Gasteiger partial charge on any atom is -0.374 e. The zero-order chi connectivity index (χ0) is 54.6. The number of hydrogen-bond acceptors (Lipinski definition) is 9. The first-order valence-corrected chi connectivity index (χ1v) is 22.7. The molecule has 0 aliphatic rings. The third kappa shape index (κ3) is 49.7. The minimum atomic E-state index is -0.715. The zero-order valence-electron chi connectivity index (χ0n) is 41.7. The molecule has 76 heavy (non-hydrogen) atoms. The molecule has 0 atom stereocenters. The summed E-state index contributed by atoms with van der Waals surface area (Å²) in [4.78, 5) is 67.2. The van der Waals surface area contributed by atoms with Crippen LogP contribution in [0.4, 0.5) is 14.4 Å². The van der Waals surface area contributed by atoms with Gasteiger partial charge in [-0.15, -0.1) is 12.8 Å². The maximum absolute atomic E-state index is 13.1. The Hall–Kier alpha value is -12.2. The molecule has 15 heteroatoms. The van der Waals surface area contributed by atoms with E-state index >= 15 is 0 Å². The Kier molecular flexibility index (Phi) is 46.6. The van der Waals surface area contributed by atoms with E-state index in [1.165, 1.54) is 4.90 Å². The van der Waals surface area contributed by atoms with Gasteiger partial charge in [-0.1, -0.05) is 38.5 Å². The number of carbonyl (C=O) groups excluding carboxylic acids is 5. The normalized spacial score (nSPS) is 7.30. The number of alkyl carbamates (subject to hydrolysis) is 2. The van der Waals surface area contributed by atoms with Crippen LogP contribution in [0.5, 0.6) is 0 Å². The number of urea groups is 1. The number of rotatable bonds is 24. The molecule has 372 valence electrons. The number of ether oxygens (including phenoxy) is 2. The molecule has 0 saturated carbocycles. The van der Waals surface area contributed by atoms with Crippen LogP contribution < -0.4 is 26.7 Å². The van der Waals surface area contributed by atoms with Gasteiger partial charge >= 0.3 is 18.2 Å². The van der Waals surface area contributed by atoms with Crippen molar-refractivity contribution in [1.29, 1.82) is 0 Å². The Bertz CT molecular complexity index is 3160. The number of unbranched alkanes of at least 4 members (excludes halogenated alkanes) is 8. The standard InChI is InChI=1S/C61H47N6O8.Rf/c1-4-7-9-11-13-15-17-19-21-23-25-27-29-31-37-46-54-73-60(71)64-50-42-35-33-40-48-62-57(68)56-67(53-45-39-44-52-66-75-58(69)6-3)59(70)63-49-41-34-36-43-51-65-61(72)74-55-47-38-32-30-28-26-24-22-20-18-16-14-12-10-8-5-2;/h1-2,66H,3,6,33-36,39-45,48-53,56H2,(H,62,68)(H,63,70)(H,64,71)(H,65,72);/q-1;. The number of hydrogen-bond donors (Lipinski definition) is 5. The summed E-state index contributed by atoms with van der Waals surface area (Å²) < 4.78 is 9.50. The zero-order valence-corrected chi connectivity index (χ0v) is 48.1. The van der Waals surface area contributed by atoms with Gasteiger partial charge in [0, 0.05) is 134 Å². The molecule has 0 aliphatic heterocycles. The second-order valence-corrected chi connectivity index (χ2v) is 13.4. The van der Waals surface area contributed by atoms with E-state index in [0.717, 1.165) is 32.1 Å². The van der Waals surface area contributed by atoms with E-state index in [0.29, 0.717) is 77.8 Å². The molecule has 5 amide bonds.